The Morgan fingerprint density at radius 2 is 1.76 bits per heavy atom. The summed E-state index contributed by atoms with van der Waals surface area (Å²) < 4.78 is 0. The van der Waals surface area contributed by atoms with Crippen molar-refractivity contribution in [2.24, 2.45) is 5.73 Å². The van der Waals surface area contributed by atoms with Crippen molar-refractivity contribution in [1.82, 2.24) is 4.90 Å². The average Bonchev–Trinajstić information content (AvgIpc) is 2.31. The zero-order valence-corrected chi connectivity index (χ0v) is 11.2. The van der Waals surface area contributed by atoms with E-state index in [0.29, 0.717) is 6.42 Å². The third-order valence-corrected chi connectivity index (χ3v) is 2.74. The number of amides is 1. The van der Waals surface area contributed by atoms with Gasteiger partial charge in [0.15, 0.2) is 0 Å². The molecule has 3 nitrogen and oxygen atoms in total. The zero-order valence-electron chi connectivity index (χ0n) is 10.4. The van der Waals surface area contributed by atoms with Crippen LogP contribution in [0.1, 0.15) is 31.9 Å². The number of carbonyl (C=O) groups excluding carboxylic acids is 1. The first-order chi connectivity index (χ1) is 7.69. The van der Waals surface area contributed by atoms with Gasteiger partial charge in [0, 0.05) is 25.6 Å². The number of hydrogen-bond acceptors (Lipinski definition) is 2. The molecule has 1 unspecified atom stereocenters. The van der Waals surface area contributed by atoms with Gasteiger partial charge in [-0.15, -0.1) is 12.4 Å². The summed E-state index contributed by atoms with van der Waals surface area (Å²) in [4.78, 5) is 13.6. The first-order valence-electron chi connectivity index (χ1n) is 5.77. The summed E-state index contributed by atoms with van der Waals surface area (Å²) in [6.07, 6.45) is 0.381. The quantitative estimate of drug-likeness (QED) is 0.879. The largest absolute Gasteiger partial charge is 0.343 e. The summed E-state index contributed by atoms with van der Waals surface area (Å²) in [5, 5.41) is 0. The third kappa shape index (κ3) is 4.75. The van der Waals surface area contributed by atoms with E-state index in [1.165, 1.54) is 0 Å². The zero-order chi connectivity index (χ0) is 12.0. The molecule has 96 valence electrons. The van der Waals surface area contributed by atoms with E-state index in [4.69, 9.17) is 5.73 Å². The number of nitrogens with two attached hydrogens (primary N) is 1. The second kappa shape index (κ2) is 8.09. The van der Waals surface area contributed by atoms with Gasteiger partial charge in [0.2, 0.25) is 5.91 Å². The Labute approximate surface area is 109 Å². The topological polar surface area (TPSA) is 46.3 Å². The predicted octanol–water partition coefficient (Wildman–Crippen LogP) is 2.37. The molecule has 0 spiro atoms. The molecule has 0 saturated carbocycles. The van der Waals surface area contributed by atoms with Crippen molar-refractivity contribution in [3.8, 4) is 0 Å². The van der Waals surface area contributed by atoms with Crippen molar-refractivity contribution in [3.05, 3.63) is 35.9 Å². The molecule has 4 heteroatoms. The van der Waals surface area contributed by atoms with Crippen LogP contribution in [0.25, 0.3) is 0 Å². The van der Waals surface area contributed by atoms with Crippen LogP contribution in [-0.2, 0) is 4.79 Å². The van der Waals surface area contributed by atoms with E-state index in [2.05, 4.69) is 0 Å². The van der Waals surface area contributed by atoms with Gasteiger partial charge >= 0.3 is 0 Å². The minimum absolute atomic E-state index is 0. The maximum Gasteiger partial charge on any atom is 0.224 e. The van der Waals surface area contributed by atoms with Crippen LogP contribution in [0.3, 0.4) is 0 Å². The summed E-state index contributed by atoms with van der Waals surface area (Å²) in [6, 6.07) is 9.55. The monoisotopic (exact) mass is 256 g/mol. The molecule has 2 N–H and O–H groups in total. The lowest BCUT2D eigenvalue weighted by atomic mass is 10.0. The average molecular weight is 257 g/mol. The maximum absolute atomic E-state index is 11.8. The van der Waals surface area contributed by atoms with Crippen molar-refractivity contribution in [1.29, 1.82) is 0 Å². The Kier molecular flexibility index (Phi) is 7.59. The van der Waals surface area contributed by atoms with Gasteiger partial charge in [-0.2, -0.15) is 0 Å². The van der Waals surface area contributed by atoms with E-state index in [1.54, 1.807) is 0 Å². The summed E-state index contributed by atoms with van der Waals surface area (Å²) in [7, 11) is 0. The van der Waals surface area contributed by atoms with Crippen LogP contribution in [0.4, 0.5) is 0 Å². The van der Waals surface area contributed by atoms with Gasteiger partial charge in [0.05, 0.1) is 0 Å². The molecule has 0 aliphatic heterocycles. The smallest absolute Gasteiger partial charge is 0.224 e. The van der Waals surface area contributed by atoms with Gasteiger partial charge in [0.25, 0.3) is 0 Å². The van der Waals surface area contributed by atoms with Crippen molar-refractivity contribution in [2.45, 2.75) is 26.3 Å². The summed E-state index contributed by atoms with van der Waals surface area (Å²) in [6.45, 7) is 5.46. The Balaban J connectivity index is 0.00000256. The molecule has 1 aromatic rings. The molecule has 17 heavy (non-hydrogen) atoms. The normalized spacial score (nSPS) is 11.5. The molecule has 0 aromatic heterocycles. The van der Waals surface area contributed by atoms with Gasteiger partial charge in [-0.3, -0.25) is 4.79 Å². The van der Waals surface area contributed by atoms with E-state index in [0.717, 1.165) is 18.7 Å². The lowest BCUT2D eigenvalue weighted by Gasteiger charge is -2.21. The highest BCUT2D eigenvalue weighted by atomic mass is 35.5. The van der Waals surface area contributed by atoms with E-state index in [9.17, 15) is 4.79 Å². The van der Waals surface area contributed by atoms with Crippen LogP contribution in [0.5, 0.6) is 0 Å². The molecule has 1 rings (SSSR count). The fraction of sp³-hybridized carbons (Fsp3) is 0.462. The van der Waals surface area contributed by atoms with Gasteiger partial charge in [-0.05, 0) is 19.4 Å². The molecule has 0 saturated heterocycles. The molecule has 1 aromatic carbocycles. The van der Waals surface area contributed by atoms with E-state index < -0.39 is 0 Å². The number of halogens is 1. The number of hydrogen-bond donors (Lipinski definition) is 1. The fourth-order valence-corrected chi connectivity index (χ4v) is 1.71. The lowest BCUT2D eigenvalue weighted by molar-refractivity contribution is -0.131. The standard InChI is InChI=1S/C13H20N2O.ClH/c1-3-15(4-2)13(16)10-12(14)11-8-6-5-7-9-11;/h5-9,12H,3-4,10,14H2,1-2H3;1H. The van der Waals surface area contributed by atoms with Crippen molar-refractivity contribution in [3.63, 3.8) is 0 Å². The Morgan fingerprint density at radius 3 is 2.24 bits per heavy atom. The lowest BCUT2D eigenvalue weighted by Crippen LogP contribution is -2.32. The summed E-state index contributed by atoms with van der Waals surface area (Å²) >= 11 is 0. The van der Waals surface area contributed by atoms with Gasteiger partial charge < -0.3 is 10.6 Å². The van der Waals surface area contributed by atoms with Crippen LogP contribution in [0.15, 0.2) is 30.3 Å². The number of nitrogens with zero attached hydrogens (tertiary/aromatic N) is 1. The molecule has 0 aliphatic rings. The highest BCUT2D eigenvalue weighted by Crippen LogP contribution is 2.14. The molecule has 0 bridgehead atoms. The maximum atomic E-state index is 11.8. The molecule has 0 heterocycles. The van der Waals surface area contributed by atoms with E-state index >= 15 is 0 Å². The van der Waals surface area contributed by atoms with Crippen LogP contribution in [0, 0.1) is 0 Å². The second-order valence-corrected chi connectivity index (χ2v) is 3.79. The van der Waals surface area contributed by atoms with Crippen LogP contribution >= 0.6 is 12.4 Å². The molecular formula is C13H21ClN2O. The third-order valence-electron chi connectivity index (χ3n) is 2.74. The summed E-state index contributed by atoms with van der Waals surface area (Å²) in [5.74, 6) is 0.126. The van der Waals surface area contributed by atoms with Crippen LogP contribution < -0.4 is 5.73 Å². The molecule has 1 atom stereocenters. The first-order valence-corrected chi connectivity index (χ1v) is 5.77. The second-order valence-electron chi connectivity index (χ2n) is 3.79. The van der Waals surface area contributed by atoms with Gasteiger partial charge in [0.1, 0.15) is 0 Å². The number of rotatable bonds is 5. The van der Waals surface area contributed by atoms with Gasteiger partial charge in [-0.25, -0.2) is 0 Å². The van der Waals surface area contributed by atoms with Crippen molar-refractivity contribution in [2.75, 3.05) is 13.1 Å². The minimum atomic E-state index is -0.200. The number of benzene rings is 1. The molecular weight excluding hydrogens is 236 g/mol. The van der Waals surface area contributed by atoms with Crippen LogP contribution in [0.2, 0.25) is 0 Å². The molecule has 0 fully saturated rings. The van der Waals surface area contributed by atoms with Crippen LogP contribution in [-0.4, -0.2) is 23.9 Å². The molecule has 0 radical (unpaired) electrons. The Hall–Kier alpha value is -1.06. The van der Waals surface area contributed by atoms with Crippen molar-refractivity contribution >= 4 is 18.3 Å². The predicted molar refractivity (Wildman–Crippen MR) is 73.2 cm³/mol. The highest BCUT2D eigenvalue weighted by Gasteiger charge is 2.15. The first kappa shape index (κ1) is 15.9. The van der Waals surface area contributed by atoms with E-state index in [1.807, 2.05) is 49.1 Å². The molecule has 1 amide bonds. The fourth-order valence-electron chi connectivity index (χ4n) is 1.71. The Bertz CT molecular complexity index is 325. The minimum Gasteiger partial charge on any atom is -0.343 e. The van der Waals surface area contributed by atoms with Gasteiger partial charge in [-0.1, -0.05) is 30.3 Å². The SMILES string of the molecule is CCN(CC)C(=O)CC(N)c1ccccc1.Cl. The molecule has 0 aliphatic carbocycles. The highest BCUT2D eigenvalue weighted by molar-refractivity contribution is 5.85. The summed E-state index contributed by atoms with van der Waals surface area (Å²) in [5.41, 5.74) is 7.01. The van der Waals surface area contributed by atoms with E-state index in [-0.39, 0.29) is 24.4 Å². The van der Waals surface area contributed by atoms with Crippen molar-refractivity contribution < 1.29 is 4.79 Å². The Morgan fingerprint density at radius 1 is 1.24 bits per heavy atom. The number of carbonyl (C=O) groups is 1.